The average Bonchev–Trinajstić information content (AvgIpc) is 2.72. The molecule has 0 fully saturated rings. The van der Waals surface area contributed by atoms with Crippen LogP contribution >= 0.6 is 0 Å². The highest BCUT2D eigenvalue weighted by atomic mass is 16.1. The molecule has 0 atom stereocenters. The molecule has 1 heterocycles. The van der Waals surface area contributed by atoms with E-state index in [2.05, 4.69) is 22.8 Å². The first-order valence-corrected chi connectivity index (χ1v) is 4.85. The number of benzene rings is 1. The summed E-state index contributed by atoms with van der Waals surface area (Å²) < 4.78 is 0. The van der Waals surface area contributed by atoms with Crippen molar-refractivity contribution < 1.29 is 4.79 Å². The van der Waals surface area contributed by atoms with E-state index in [1.807, 2.05) is 12.0 Å². The normalized spacial score (nSPS) is 13.0. The van der Waals surface area contributed by atoms with Crippen molar-refractivity contribution in [2.24, 2.45) is 0 Å². The molecule has 1 aliphatic rings. The van der Waals surface area contributed by atoms with E-state index in [1.54, 1.807) is 0 Å². The van der Waals surface area contributed by atoms with E-state index in [0.717, 1.165) is 18.7 Å². The van der Waals surface area contributed by atoms with Crippen molar-refractivity contribution in [1.82, 2.24) is 10.6 Å². The van der Waals surface area contributed by atoms with Gasteiger partial charge in [-0.3, -0.25) is 4.79 Å². The molecule has 0 radical (unpaired) electrons. The van der Waals surface area contributed by atoms with E-state index in [0.29, 0.717) is 6.54 Å². The zero-order valence-corrected chi connectivity index (χ0v) is 8.34. The van der Waals surface area contributed by atoms with Crippen LogP contribution in [-0.2, 0) is 24.4 Å². The van der Waals surface area contributed by atoms with Crippen molar-refractivity contribution in [2.45, 2.75) is 19.6 Å². The van der Waals surface area contributed by atoms with Crippen LogP contribution in [0.1, 0.15) is 16.7 Å². The summed E-state index contributed by atoms with van der Waals surface area (Å²) in [6.45, 7) is 2.34. The molecular formula is C12H12N2O. The number of hydrogen-bond acceptors (Lipinski definition) is 2. The monoisotopic (exact) mass is 200 g/mol. The second-order valence-corrected chi connectivity index (χ2v) is 3.53. The molecule has 1 aromatic rings. The first-order valence-electron chi connectivity index (χ1n) is 4.85. The molecule has 2 rings (SSSR count). The van der Waals surface area contributed by atoms with E-state index in [1.165, 1.54) is 11.1 Å². The molecule has 0 spiro atoms. The summed E-state index contributed by atoms with van der Waals surface area (Å²) in [4.78, 5) is 10.9. The third-order valence-corrected chi connectivity index (χ3v) is 2.49. The Bertz CT molecular complexity index is 432. The summed E-state index contributed by atoms with van der Waals surface area (Å²) in [5.74, 6) is 1.66. The largest absolute Gasteiger partial charge is 0.341 e. The minimum atomic E-state index is -0.367. The van der Waals surface area contributed by atoms with Crippen LogP contribution in [0.2, 0.25) is 0 Å². The Morgan fingerprint density at radius 2 is 2.27 bits per heavy atom. The van der Waals surface area contributed by atoms with Gasteiger partial charge in [-0.1, -0.05) is 18.2 Å². The number of hydrogen-bond donors (Lipinski definition) is 2. The number of fused-ring (bicyclic) bond motifs is 1. The molecule has 0 saturated heterocycles. The minimum Gasteiger partial charge on any atom is -0.341 e. The lowest BCUT2D eigenvalue weighted by Gasteiger charge is -2.04. The van der Waals surface area contributed by atoms with E-state index in [9.17, 15) is 4.79 Å². The smallest absolute Gasteiger partial charge is 0.295 e. The maximum Gasteiger partial charge on any atom is 0.295 e. The lowest BCUT2D eigenvalue weighted by atomic mass is 10.1. The summed E-state index contributed by atoms with van der Waals surface area (Å²) >= 11 is 0. The van der Waals surface area contributed by atoms with Gasteiger partial charge < -0.3 is 10.6 Å². The summed E-state index contributed by atoms with van der Waals surface area (Å²) in [5.41, 5.74) is 3.73. The Labute approximate surface area is 88.9 Å². The lowest BCUT2D eigenvalue weighted by molar-refractivity contribution is -0.115. The SMILES string of the molecule is C#CC(=O)NCc1ccc2c(c1)CNC2. The molecule has 3 nitrogen and oxygen atoms in total. The van der Waals surface area contributed by atoms with Crippen molar-refractivity contribution in [2.75, 3.05) is 0 Å². The summed E-state index contributed by atoms with van der Waals surface area (Å²) in [6, 6.07) is 6.21. The Morgan fingerprint density at radius 3 is 3.07 bits per heavy atom. The van der Waals surface area contributed by atoms with Crippen molar-refractivity contribution in [3.63, 3.8) is 0 Å². The molecule has 0 aliphatic carbocycles. The maximum absolute atomic E-state index is 10.9. The molecule has 2 N–H and O–H groups in total. The molecule has 1 aromatic carbocycles. The highest BCUT2D eigenvalue weighted by molar-refractivity contribution is 5.92. The standard InChI is InChI=1S/C12H12N2O/c1-2-12(15)14-6-9-3-4-10-7-13-8-11(10)5-9/h1,3-5,13H,6-8H2,(H,14,15). The number of carbonyl (C=O) groups excluding carboxylic acids is 1. The van der Waals surface area contributed by atoms with E-state index in [-0.39, 0.29) is 5.91 Å². The van der Waals surface area contributed by atoms with E-state index < -0.39 is 0 Å². The molecule has 76 valence electrons. The van der Waals surface area contributed by atoms with Gasteiger partial charge in [-0.05, 0) is 22.6 Å². The first-order chi connectivity index (χ1) is 7.29. The Hall–Kier alpha value is -1.79. The highest BCUT2D eigenvalue weighted by Crippen LogP contribution is 2.16. The van der Waals surface area contributed by atoms with Crippen LogP contribution in [0, 0.1) is 12.3 Å². The summed E-state index contributed by atoms with van der Waals surface area (Å²) in [5, 5.41) is 5.92. The molecule has 1 aliphatic heterocycles. The molecule has 3 heteroatoms. The Balaban J connectivity index is 2.05. The Morgan fingerprint density at radius 1 is 1.47 bits per heavy atom. The van der Waals surface area contributed by atoms with Crippen molar-refractivity contribution in [3.05, 3.63) is 34.9 Å². The van der Waals surface area contributed by atoms with E-state index in [4.69, 9.17) is 6.42 Å². The second-order valence-electron chi connectivity index (χ2n) is 3.53. The van der Waals surface area contributed by atoms with Gasteiger partial charge in [-0.25, -0.2) is 0 Å². The van der Waals surface area contributed by atoms with Gasteiger partial charge in [0.2, 0.25) is 0 Å². The molecule has 0 unspecified atom stereocenters. The van der Waals surface area contributed by atoms with Crippen LogP contribution in [0.25, 0.3) is 0 Å². The topological polar surface area (TPSA) is 41.1 Å². The lowest BCUT2D eigenvalue weighted by Crippen LogP contribution is -2.20. The number of amides is 1. The van der Waals surface area contributed by atoms with Crippen molar-refractivity contribution >= 4 is 5.91 Å². The predicted octanol–water partition coefficient (Wildman–Crippen LogP) is 0.539. The molecule has 0 bridgehead atoms. The molecule has 15 heavy (non-hydrogen) atoms. The summed E-state index contributed by atoms with van der Waals surface area (Å²) in [6.07, 6.45) is 4.95. The fourth-order valence-electron chi connectivity index (χ4n) is 1.69. The molecule has 0 saturated carbocycles. The number of carbonyl (C=O) groups is 1. The maximum atomic E-state index is 10.9. The van der Waals surface area contributed by atoms with Gasteiger partial charge in [0.25, 0.3) is 5.91 Å². The number of terminal acetylenes is 1. The van der Waals surface area contributed by atoms with Gasteiger partial charge in [-0.15, -0.1) is 6.42 Å². The zero-order valence-electron chi connectivity index (χ0n) is 8.34. The molecular weight excluding hydrogens is 188 g/mol. The van der Waals surface area contributed by atoms with Crippen LogP contribution in [0.5, 0.6) is 0 Å². The van der Waals surface area contributed by atoms with Crippen LogP contribution in [0.15, 0.2) is 18.2 Å². The minimum absolute atomic E-state index is 0.367. The van der Waals surface area contributed by atoms with Crippen LogP contribution in [-0.4, -0.2) is 5.91 Å². The summed E-state index contributed by atoms with van der Waals surface area (Å²) in [7, 11) is 0. The number of nitrogens with one attached hydrogen (secondary N) is 2. The van der Waals surface area contributed by atoms with Gasteiger partial charge >= 0.3 is 0 Å². The third kappa shape index (κ3) is 2.17. The van der Waals surface area contributed by atoms with Crippen LogP contribution < -0.4 is 10.6 Å². The van der Waals surface area contributed by atoms with Crippen LogP contribution in [0.4, 0.5) is 0 Å². The zero-order chi connectivity index (χ0) is 10.7. The van der Waals surface area contributed by atoms with Crippen LogP contribution in [0.3, 0.4) is 0 Å². The van der Waals surface area contributed by atoms with Crippen molar-refractivity contribution in [3.8, 4) is 12.3 Å². The fraction of sp³-hybridized carbons (Fsp3) is 0.250. The number of rotatable bonds is 2. The highest BCUT2D eigenvalue weighted by Gasteiger charge is 2.09. The first kappa shape index (κ1) is 9.75. The average molecular weight is 200 g/mol. The van der Waals surface area contributed by atoms with Gasteiger partial charge in [0.1, 0.15) is 0 Å². The fourth-order valence-corrected chi connectivity index (χ4v) is 1.69. The van der Waals surface area contributed by atoms with Gasteiger partial charge in [0.05, 0.1) is 0 Å². The molecule has 1 amide bonds. The van der Waals surface area contributed by atoms with Gasteiger partial charge in [0.15, 0.2) is 0 Å². The van der Waals surface area contributed by atoms with E-state index >= 15 is 0 Å². The predicted molar refractivity (Wildman–Crippen MR) is 57.7 cm³/mol. The van der Waals surface area contributed by atoms with Gasteiger partial charge in [0, 0.05) is 19.6 Å². The quantitative estimate of drug-likeness (QED) is 0.684. The van der Waals surface area contributed by atoms with Gasteiger partial charge in [-0.2, -0.15) is 0 Å². The third-order valence-electron chi connectivity index (χ3n) is 2.49. The Kier molecular flexibility index (Phi) is 2.70. The van der Waals surface area contributed by atoms with Crippen molar-refractivity contribution in [1.29, 1.82) is 0 Å². The molecule has 0 aromatic heterocycles. The second kappa shape index (κ2) is 4.16.